The maximum atomic E-state index is 14.0. The average molecular weight is 294 g/mol. The molecule has 1 nitrogen and oxygen atoms in total. The summed E-state index contributed by atoms with van der Waals surface area (Å²) in [5.41, 5.74) is -1.08. The molecule has 0 aromatic carbocycles. The lowest BCUT2D eigenvalue weighted by Gasteiger charge is -2.55. The lowest BCUT2D eigenvalue weighted by molar-refractivity contribution is -0.130. The molecule has 0 aromatic heterocycles. The number of Topliss-reactive ketones (excluding diaryl/α,β-unsaturated/α-hetero) is 1. The van der Waals surface area contributed by atoms with Gasteiger partial charge in [-0.15, -0.1) is 0 Å². The van der Waals surface area contributed by atoms with Gasteiger partial charge in [0.2, 0.25) is 0 Å². The van der Waals surface area contributed by atoms with Crippen LogP contribution in [-0.4, -0.2) is 11.5 Å². The average Bonchev–Trinajstić information content (AvgIpc) is 2.45. The van der Waals surface area contributed by atoms with Crippen LogP contribution in [0.1, 0.15) is 84.5 Å². The molecule has 0 spiro atoms. The Kier molecular flexibility index (Phi) is 4.18. The quantitative estimate of drug-likeness (QED) is 0.634. The number of hydrogen-bond donors (Lipinski definition) is 0. The minimum Gasteiger partial charge on any atom is -0.296 e. The molecule has 120 valence electrons. The van der Waals surface area contributed by atoms with Crippen molar-refractivity contribution in [3.8, 4) is 0 Å². The van der Waals surface area contributed by atoms with Gasteiger partial charge in [0.15, 0.2) is 11.5 Å². The second-order valence-electron chi connectivity index (χ2n) is 8.47. The third-order valence-corrected chi connectivity index (χ3v) is 7.07. The molecule has 5 unspecified atom stereocenters. The van der Waals surface area contributed by atoms with Gasteiger partial charge < -0.3 is 0 Å². The number of fused-ring (bicyclic) bond motifs is 2. The Morgan fingerprint density at radius 2 is 2.05 bits per heavy atom. The van der Waals surface area contributed by atoms with Crippen LogP contribution in [-0.2, 0) is 4.79 Å². The summed E-state index contributed by atoms with van der Waals surface area (Å²) in [4.78, 5) is 12.0. The van der Waals surface area contributed by atoms with Gasteiger partial charge in [-0.05, 0) is 87.9 Å². The molecule has 3 fully saturated rings. The van der Waals surface area contributed by atoms with Gasteiger partial charge in [0.05, 0.1) is 0 Å². The summed E-state index contributed by atoms with van der Waals surface area (Å²) in [5, 5.41) is 0. The Hall–Kier alpha value is -0.400. The predicted octanol–water partition coefficient (Wildman–Crippen LogP) is 5.47. The number of carbonyl (C=O) groups is 1. The van der Waals surface area contributed by atoms with Gasteiger partial charge in [-0.1, -0.05) is 13.3 Å². The highest BCUT2D eigenvalue weighted by Crippen LogP contribution is 2.59. The maximum Gasteiger partial charge on any atom is 0.169 e. The fraction of sp³-hybridized carbons (Fsp3) is 0.947. The molecule has 3 aliphatic rings. The van der Waals surface area contributed by atoms with E-state index < -0.39 is 5.67 Å². The minimum absolute atomic E-state index is 0.175. The molecular formula is C19H31FO. The number of ketones is 1. The Balaban J connectivity index is 1.54. The van der Waals surface area contributed by atoms with Gasteiger partial charge in [-0.2, -0.15) is 0 Å². The van der Waals surface area contributed by atoms with Gasteiger partial charge in [0.25, 0.3) is 0 Å². The first-order valence-electron chi connectivity index (χ1n) is 9.16. The first kappa shape index (κ1) is 15.5. The van der Waals surface area contributed by atoms with E-state index in [2.05, 4.69) is 0 Å². The van der Waals surface area contributed by atoms with Gasteiger partial charge in [-0.25, -0.2) is 4.39 Å². The number of hydrogen-bond acceptors (Lipinski definition) is 1. The Morgan fingerprint density at radius 3 is 2.81 bits per heavy atom. The number of halogens is 1. The van der Waals surface area contributed by atoms with E-state index in [1.807, 2.05) is 0 Å². The zero-order valence-electron chi connectivity index (χ0n) is 13.8. The van der Waals surface area contributed by atoms with Crippen LogP contribution in [0.15, 0.2) is 0 Å². The molecule has 3 aliphatic carbocycles. The van der Waals surface area contributed by atoms with E-state index in [9.17, 15) is 9.18 Å². The summed E-state index contributed by atoms with van der Waals surface area (Å²) in [7, 11) is 0. The molecule has 3 bridgehead atoms. The fourth-order valence-electron chi connectivity index (χ4n) is 5.60. The van der Waals surface area contributed by atoms with Crippen LogP contribution in [0.2, 0.25) is 0 Å². The molecule has 5 atom stereocenters. The van der Waals surface area contributed by atoms with Crippen LogP contribution in [0.5, 0.6) is 0 Å². The van der Waals surface area contributed by atoms with Crippen LogP contribution in [0.3, 0.4) is 0 Å². The van der Waals surface area contributed by atoms with Gasteiger partial charge in [0, 0.05) is 6.42 Å². The van der Waals surface area contributed by atoms with Crippen LogP contribution in [0.25, 0.3) is 0 Å². The summed E-state index contributed by atoms with van der Waals surface area (Å²) < 4.78 is 14.0. The van der Waals surface area contributed by atoms with Gasteiger partial charge in [0.1, 0.15) is 0 Å². The highest BCUT2D eigenvalue weighted by molar-refractivity contribution is 5.86. The van der Waals surface area contributed by atoms with Crippen molar-refractivity contribution < 1.29 is 9.18 Å². The lowest BCUT2D eigenvalue weighted by atomic mass is 9.50. The second kappa shape index (κ2) is 5.66. The number of alkyl halides is 1. The Morgan fingerprint density at radius 1 is 1.24 bits per heavy atom. The van der Waals surface area contributed by atoms with E-state index >= 15 is 0 Å². The third-order valence-electron chi connectivity index (χ3n) is 7.07. The van der Waals surface area contributed by atoms with E-state index in [4.69, 9.17) is 0 Å². The van der Waals surface area contributed by atoms with Crippen molar-refractivity contribution in [3.63, 3.8) is 0 Å². The zero-order chi connectivity index (χ0) is 15.1. The van der Waals surface area contributed by atoms with Crippen molar-refractivity contribution in [1.82, 2.24) is 0 Å². The molecule has 3 saturated carbocycles. The summed E-state index contributed by atoms with van der Waals surface area (Å²) in [6, 6.07) is 0. The predicted molar refractivity (Wildman–Crippen MR) is 83.9 cm³/mol. The summed E-state index contributed by atoms with van der Waals surface area (Å²) >= 11 is 0. The van der Waals surface area contributed by atoms with Gasteiger partial charge >= 0.3 is 0 Å². The highest BCUT2D eigenvalue weighted by Gasteiger charge is 2.48. The molecule has 0 aliphatic heterocycles. The van der Waals surface area contributed by atoms with Crippen molar-refractivity contribution in [3.05, 3.63) is 0 Å². The van der Waals surface area contributed by atoms with Crippen molar-refractivity contribution in [2.75, 3.05) is 0 Å². The molecule has 0 aromatic rings. The first-order chi connectivity index (χ1) is 9.94. The Bertz CT molecular complexity index is 398. The van der Waals surface area contributed by atoms with Crippen LogP contribution in [0, 0.1) is 23.2 Å². The normalized spacial score (nSPS) is 40.8. The fourth-order valence-corrected chi connectivity index (χ4v) is 5.60. The first-order valence-corrected chi connectivity index (χ1v) is 9.16. The number of rotatable bonds is 6. The largest absolute Gasteiger partial charge is 0.296 e. The lowest BCUT2D eigenvalue weighted by Crippen LogP contribution is -2.44. The minimum atomic E-state index is -1.60. The van der Waals surface area contributed by atoms with Crippen LogP contribution in [0.4, 0.5) is 4.39 Å². The van der Waals surface area contributed by atoms with Crippen molar-refractivity contribution >= 4 is 5.78 Å². The van der Waals surface area contributed by atoms with E-state index in [0.717, 1.165) is 30.6 Å². The van der Waals surface area contributed by atoms with Crippen molar-refractivity contribution in [2.45, 2.75) is 90.1 Å². The molecule has 21 heavy (non-hydrogen) atoms. The molecule has 0 saturated heterocycles. The SMILES string of the molecule is CCC(C)(F)C(=O)CCCC12CCC3CCC(CC3C1)C2. The zero-order valence-corrected chi connectivity index (χ0v) is 13.8. The van der Waals surface area contributed by atoms with E-state index in [0.29, 0.717) is 18.3 Å². The van der Waals surface area contributed by atoms with E-state index in [1.54, 1.807) is 6.92 Å². The monoisotopic (exact) mass is 294 g/mol. The molecule has 0 heterocycles. The standard InChI is InChI=1S/C19H31FO/c1-3-18(2,20)17(21)5-4-9-19-10-8-15-7-6-14(12-19)11-16(15)13-19/h14-16H,3-13H2,1-2H3. The molecular weight excluding hydrogens is 263 g/mol. The van der Waals surface area contributed by atoms with Crippen LogP contribution < -0.4 is 0 Å². The summed E-state index contributed by atoms with van der Waals surface area (Å²) in [6.45, 7) is 3.21. The topological polar surface area (TPSA) is 17.1 Å². The molecule has 0 N–H and O–H groups in total. The smallest absolute Gasteiger partial charge is 0.169 e. The summed E-state index contributed by atoms with van der Waals surface area (Å²) in [6.07, 6.45) is 12.8. The number of carbonyl (C=O) groups excluding carboxylic acids is 1. The summed E-state index contributed by atoms with van der Waals surface area (Å²) in [5.74, 6) is 2.76. The molecule has 2 heteroatoms. The van der Waals surface area contributed by atoms with Crippen molar-refractivity contribution in [2.24, 2.45) is 23.2 Å². The van der Waals surface area contributed by atoms with Crippen LogP contribution >= 0.6 is 0 Å². The third kappa shape index (κ3) is 3.05. The maximum absolute atomic E-state index is 14.0. The molecule has 3 rings (SSSR count). The Labute approximate surface area is 129 Å². The van der Waals surface area contributed by atoms with E-state index in [1.165, 1.54) is 51.9 Å². The van der Waals surface area contributed by atoms with Gasteiger partial charge in [-0.3, -0.25) is 4.79 Å². The highest BCUT2D eigenvalue weighted by atomic mass is 19.1. The van der Waals surface area contributed by atoms with E-state index in [-0.39, 0.29) is 5.78 Å². The van der Waals surface area contributed by atoms with Crippen molar-refractivity contribution in [1.29, 1.82) is 0 Å². The second-order valence-corrected chi connectivity index (χ2v) is 8.47. The molecule has 0 radical (unpaired) electrons. The molecule has 0 amide bonds.